The first-order chi connectivity index (χ1) is 10.2. The molecule has 0 radical (unpaired) electrons. The van der Waals surface area contributed by atoms with Crippen LogP contribution in [0.4, 0.5) is 0 Å². The Kier molecular flexibility index (Phi) is 5.16. The molecule has 1 heterocycles. The van der Waals surface area contributed by atoms with Gasteiger partial charge in [-0.05, 0) is 27.0 Å². The van der Waals surface area contributed by atoms with Gasteiger partial charge in [-0.15, -0.1) is 0 Å². The number of para-hydroxylation sites is 1. The van der Waals surface area contributed by atoms with Gasteiger partial charge in [0.25, 0.3) is 0 Å². The highest BCUT2D eigenvalue weighted by molar-refractivity contribution is 5.46. The topological polar surface area (TPSA) is 61.2 Å². The average molecular weight is 290 g/mol. The van der Waals surface area contributed by atoms with Gasteiger partial charge >= 0.3 is 0 Å². The fraction of sp³-hybridized carbons (Fsp3) is 0.467. The first-order valence-corrected chi connectivity index (χ1v) is 6.99. The van der Waals surface area contributed by atoms with E-state index in [9.17, 15) is 0 Å². The van der Waals surface area contributed by atoms with Crippen molar-refractivity contribution in [3.63, 3.8) is 0 Å². The van der Waals surface area contributed by atoms with Gasteiger partial charge in [-0.3, -0.25) is 0 Å². The van der Waals surface area contributed by atoms with Crippen LogP contribution in [-0.4, -0.2) is 28.9 Å². The van der Waals surface area contributed by atoms with Gasteiger partial charge < -0.3 is 14.8 Å². The summed E-state index contributed by atoms with van der Waals surface area (Å²) in [5.74, 6) is 2.26. The quantitative estimate of drug-likeness (QED) is 0.846. The molecule has 0 atom stereocenters. The predicted molar refractivity (Wildman–Crippen MR) is 80.5 cm³/mol. The molecule has 0 aliphatic heterocycles. The number of benzene rings is 1. The van der Waals surface area contributed by atoms with Crippen LogP contribution in [0.3, 0.4) is 0 Å². The van der Waals surface area contributed by atoms with Crippen molar-refractivity contribution in [2.75, 3.05) is 14.2 Å². The lowest BCUT2D eigenvalue weighted by atomic mass is 10.2. The summed E-state index contributed by atoms with van der Waals surface area (Å²) in [5.41, 5.74) is 1.05. The molecule has 6 nitrogen and oxygen atoms in total. The molecule has 2 rings (SSSR count). The number of methoxy groups -OCH3 is 1. The van der Waals surface area contributed by atoms with Gasteiger partial charge in [0.1, 0.15) is 12.9 Å². The van der Waals surface area contributed by atoms with Crippen LogP contribution in [0.1, 0.15) is 31.3 Å². The molecule has 0 amide bonds. The highest BCUT2D eigenvalue weighted by atomic mass is 16.5. The van der Waals surface area contributed by atoms with E-state index in [1.165, 1.54) is 0 Å². The SMILES string of the molecule is CNCc1cccc(OC)c1OCc1ncnn1C(C)C. The van der Waals surface area contributed by atoms with Crippen LogP contribution >= 0.6 is 0 Å². The van der Waals surface area contributed by atoms with E-state index >= 15 is 0 Å². The number of hydrogen-bond donors (Lipinski definition) is 1. The molecule has 0 fully saturated rings. The Morgan fingerprint density at radius 1 is 1.33 bits per heavy atom. The number of nitrogens with one attached hydrogen (secondary N) is 1. The minimum Gasteiger partial charge on any atom is -0.493 e. The maximum Gasteiger partial charge on any atom is 0.166 e. The molecule has 1 aromatic carbocycles. The number of aromatic nitrogens is 3. The standard InChI is InChI=1S/C15H22N4O2/c1-11(2)19-14(17-10-18-19)9-21-15-12(8-16-3)6-5-7-13(15)20-4/h5-7,10-11,16H,8-9H2,1-4H3. The van der Waals surface area contributed by atoms with Gasteiger partial charge in [-0.2, -0.15) is 5.10 Å². The lowest BCUT2D eigenvalue weighted by Gasteiger charge is -2.15. The summed E-state index contributed by atoms with van der Waals surface area (Å²) in [7, 11) is 3.54. The van der Waals surface area contributed by atoms with Gasteiger partial charge in [0.15, 0.2) is 17.3 Å². The van der Waals surface area contributed by atoms with Crippen molar-refractivity contribution in [1.82, 2.24) is 20.1 Å². The zero-order chi connectivity index (χ0) is 15.2. The third-order valence-corrected chi connectivity index (χ3v) is 3.13. The maximum absolute atomic E-state index is 5.96. The van der Waals surface area contributed by atoms with Crippen molar-refractivity contribution < 1.29 is 9.47 Å². The molecule has 0 aliphatic rings. The summed E-state index contributed by atoms with van der Waals surface area (Å²) in [6.07, 6.45) is 1.55. The van der Waals surface area contributed by atoms with Gasteiger partial charge in [0.2, 0.25) is 0 Å². The molecule has 1 N–H and O–H groups in total. The van der Waals surface area contributed by atoms with Crippen molar-refractivity contribution in [3.8, 4) is 11.5 Å². The summed E-state index contributed by atoms with van der Waals surface area (Å²) < 4.78 is 13.2. The number of nitrogens with zero attached hydrogens (tertiary/aromatic N) is 3. The average Bonchev–Trinajstić information content (AvgIpc) is 2.94. The molecule has 21 heavy (non-hydrogen) atoms. The van der Waals surface area contributed by atoms with Crippen LogP contribution in [0, 0.1) is 0 Å². The monoisotopic (exact) mass is 290 g/mol. The van der Waals surface area contributed by atoms with E-state index in [1.54, 1.807) is 13.4 Å². The van der Waals surface area contributed by atoms with E-state index in [0.29, 0.717) is 13.2 Å². The second-order valence-electron chi connectivity index (χ2n) is 4.98. The highest BCUT2D eigenvalue weighted by Crippen LogP contribution is 2.31. The van der Waals surface area contributed by atoms with E-state index in [0.717, 1.165) is 22.9 Å². The summed E-state index contributed by atoms with van der Waals surface area (Å²) in [6.45, 7) is 5.19. The Morgan fingerprint density at radius 3 is 2.81 bits per heavy atom. The second kappa shape index (κ2) is 7.08. The molecule has 0 unspecified atom stereocenters. The molecule has 0 saturated heterocycles. The van der Waals surface area contributed by atoms with Gasteiger partial charge in [0, 0.05) is 18.2 Å². The molecule has 1 aromatic heterocycles. The second-order valence-corrected chi connectivity index (χ2v) is 4.98. The maximum atomic E-state index is 5.96. The lowest BCUT2D eigenvalue weighted by Crippen LogP contribution is -2.12. The Balaban J connectivity index is 2.20. The van der Waals surface area contributed by atoms with Crippen molar-refractivity contribution in [2.24, 2.45) is 0 Å². The molecule has 0 spiro atoms. The minimum atomic E-state index is 0.251. The van der Waals surface area contributed by atoms with Gasteiger partial charge in [0.05, 0.1) is 7.11 Å². The van der Waals surface area contributed by atoms with Gasteiger partial charge in [-0.1, -0.05) is 12.1 Å². The smallest absolute Gasteiger partial charge is 0.166 e. The first kappa shape index (κ1) is 15.3. The van der Waals surface area contributed by atoms with Crippen LogP contribution in [0.25, 0.3) is 0 Å². The Labute approximate surface area is 125 Å². The molecular weight excluding hydrogens is 268 g/mol. The summed E-state index contributed by atoms with van der Waals surface area (Å²) in [4.78, 5) is 4.25. The molecule has 0 bridgehead atoms. The Bertz CT molecular complexity index is 581. The largest absolute Gasteiger partial charge is 0.493 e. The third-order valence-electron chi connectivity index (χ3n) is 3.13. The van der Waals surface area contributed by atoms with Crippen LogP contribution in [0.5, 0.6) is 11.5 Å². The lowest BCUT2D eigenvalue weighted by molar-refractivity contribution is 0.263. The minimum absolute atomic E-state index is 0.251. The summed E-state index contributed by atoms with van der Waals surface area (Å²) in [6, 6.07) is 6.11. The summed E-state index contributed by atoms with van der Waals surface area (Å²) in [5, 5.41) is 7.34. The van der Waals surface area contributed by atoms with Crippen LogP contribution in [-0.2, 0) is 13.2 Å². The molecule has 6 heteroatoms. The molecule has 2 aromatic rings. The zero-order valence-electron chi connectivity index (χ0n) is 13.0. The van der Waals surface area contributed by atoms with E-state index in [2.05, 4.69) is 29.2 Å². The number of hydrogen-bond acceptors (Lipinski definition) is 5. The normalized spacial score (nSPS) is 10.9. The van der Waals surface area contributed by atoms with E-state index < -0.39 is 0 Å². The molecule has 0 saturated carbocycles. The third kappa shape index (κ3) is 3.52. The van der Waals surface area contributed by atoms with Crippen molar-refractivity contribution in [2.45, 2.75) is 33.0 Å². The first-order valence-electron chi connectivity index (χ1n) is 6.99. The fourth-order valence-electron chi connectivity index (χ4n) is 2.16. The fourth-order valence-corrected chi connectivity index (χ4v) is 2.16. The summed E-state index contributed by atoms with van der Waals surface area (Å²) >= 11 is 0. The predicted octanol–water partition coefficient (Wildman–Crippen LogP) is 2.17. The Morgan fingerprint density at radius 2 is 2.14 bits per heavy atom. The Hall–Kier alpha value is -2.08. The van der Waals surface area contributed by atoms with E-state index in [4.69, 9.17) is 9.47 Å². The number of rotatable bonds is 7. The zero-order valence-corrected chi connectivity index (χ0v) is 13.0. The van der Waals surface area contributed by atoms with Gasteiger partial charge in [-0.25, -0.2) is 9.67 Å². The van der Waals surface area contributed by atoms with Crippen molar-refractivity contribution >= 4 is 0 Å². The van der Waals surface area contributed by atoms with E-state index in [1.807, 2.05) is 29.9 Å². The number of ether oxygens (including phenoxy) is 2. The highest BCUT2D eigenvalue weighted by Gasteiger charge is 2.13. The van der Waals surface area contributed by atoms with Crippen LogP contribution in [0.15, 0.2) is 24.5 Å². The van der Waals surface area contributed by atoms with E-state index in [-0.39, 0.29) is 6.04 Å². The molecule has 114 valence electrons. The van der Waals surface area contributed by atoms with Crippen LogP contribution < -0.4 is 14.8 Å². The van der Waals surface area contributed by atoms with Crippen molar-refractivity contribution in [3.05, 3.63) is 35.9 Å². The molecule has 0 aliphatic carbocycles. The van der Waals surface area contributed by atoms with Crippen molar-refractivity contribution in [1.29, 1.82) is 0 Å². The van der Waals surface area contributed by atoms with Crippen LogP contribution in [0.2, 0.25) is 0 Å². The molecular formula is C15H22N4O2.